The van der Waals surface area contributed by atoms with E-state index in [1.54, 1.807) is 6.07 Å². The molecule has 0 atom stereocenters. The summed E-state index contributed by atoms with van der Waals surface area (Å²) in [6.07, 6.45) is 4.08. The fraction of sp³-hybridized carbons (Fsp3) is 0.820. The molecular weight excluding hydrogens is 769 g/mol. The molecule has 4 aliphatic heterocycles. The van der Waals surface area contributed by atoms with Crippen molar-refractivity contribution in [1.29, 1.82) is 0 Å². The number of hydrogen-bond donors (Lipinski definition) is 0. The van der Waals surface area contributed by atoms with Crippen molar-refractivity contribution in [3.8, 4) is 0 Å². The zero-order valence-corrected chi connectivity index (χ0v) is 42.0. The minimum Gasteiger partial charge on any atom is -0.459 e. The van der Waals surface area contributed by atoms with Gasteiger partial charge in [0.25, 0.3) is 0 Å². The number of esters is 3. The summed E-state index contributed by atoms with van der Waals surface area (Å²) < 4.78 is 26.0. The molecule has 4 fully saturated rings. The van der Waals surface area contributed by atoms with E-state index < -0.39 is 30.1 Å². The van der Waals surface area contributed by atoms with Crippen LogP contribution in [0, 0.1) is 0 Å². The molecule has 1 aromatic rings. The fourth-order valence-corrected chi connectivity index (χ4v) is 11.6. The quantitative estimate of drug-likeness (QED) is 0.176. The van der Waals surface area contributed by atoms with Gasteiger partial charge in [0.1, 0.15) is 18.3 Å². The van der Waals surface area contributed by atoms with Gasteiger partial charge in [-0.25, -0.2) is 14.4 Å². The maximum atomic E-state index is 14.7. The molecular formula is C50H84N4O7. The number of hydrogen-bond acceptors (Lipinski definition) is 11. The van der Waals surface area contributed by atoms with E-state index in [1.165, 1.54) is 6.07 Å². The number of piperidine rings is 4. The van der Waals surface area contributed by atoms with E-state index >= 15 is 0 Å². The molecule has 346 valence electrons. The van der Waals surface area contributed by atoms with Gasteiger partial charge >= 0.3 is 17.9 Å². The maximum absolute atomic E-state index is 14.7. The molecule has 1 aromatic carbocycles. The van der Waals surface area contributed by atoms with Gasteiger partial charge in [-0.15, -0.1) is 0 Å². The molecule has 0 radical (unpaired) electrons. The van der Waals surface area contributed by atoms with Gasteiger partial charge in [-0.1, -0.05) is 0 Å². The number of rotatable bonds is 9. The lowest BCUT2D eigenvalue weighted by Gasteiger charge is -2.53. The third-order valence-electron chi connectivity index (χ3n) is 16.3. The summed E-state index contributed by atoms with van der Waals surface area (Å²) in [5.74, 6) is -1.81. The lowest BCUT2D eigenvalue weighted by Crippen LogP contribution is -2.60. The zero-order valence-electron chi connectivity index (χ0n) is 42.0. The minimum absolute atomic E-state index is 0.00674. The second kappa shape index (κ2) is 16.5. The monoisotopic (exact) mass is 853 g/mol. The summed E-state index contributed by atoms with van der Waals surface area (Å²) in [4.78, 5) is 53.5. The Balaban J connectivity index is 1.59. The van der Waals surface area contributed by atoms with Crippen molar-refractivity contribution in [3.63, 3.8) is 0 Å². The van der Waals surface area contributed by atoms with E-state index in [2.05, 4.69) is 159 Å². The molecule has 5 rings (SSSR count). The highest BCUT2D eigenvalue weighted by atomic mass is 16.6. The van der Waals surface area contributed by atoms with Crippen LogP contribution < -0.4 is 0 Å². The predicted octanol–water partition coefficient (Wildman–Crippen LogP) is 9.28. The van der Waals surface area contributed by atoms with Crippen molar-refractivity contribution < 1.29 is 33.3 Å². The van der Waals surface area contributed by atoms with Crippen LogP contribution in [-0.4, -0.2) is 134 Å². The highest BCUT2D eigenvalue weighted by Gasteiger charge is 2.48. The van der Waals surface area contributed by atoms with Crippen molar-refractivity contribution >= 4 is 17.9 Å². The second-order valence-corrected chi connectivity index (χ2v) is 24.4. The Kier molecular flexibility index (Phi) is 13.3. The highest BCUT2D eigenvalue weighted by molar-refractivity contribution is 6.06. The third kappa shape index (κ3) is 10.4. The van der Waals surface area contributed by atoms with Gasteiger partial charge < -0.3 is 18.9 Å². The number of ether oxygens (including phenoxy) is 4. The molecule has 4 aliphatic rings. The summed E-state index contributed by atoms with van der Waals surface area (Å²) in [6, 6.07) is 3.18. The first kappa shape index (κ1) is 49.4. The Labute approximate surface area is 369 Å². The van der Waals surface area contributed by atoms with Crippen molar-refractivity contribution in [2.75, 3.05) is 28.2 Å². The van der Waals surface area contributed by atoms with Crippen LogP contribution in [-0.2, 0) is 25.6 Å². The fourth-order valence-electron chi connectivity index (χ4n) is 11.6. The van der Waals surface area contributed by atoms with Gasteiger partial charge in [0, 0.05) is 82.8 Å². The number of nitrogens with zero attached hydrogens (tertiary/aromatic N) is 4. The average molecular weight is 853 g/mol. The molecule has 0 spiro atoms. The standard InChI is InChI=1S/C50H84N4O7/c1-43(2)23-33(24-44(3,4)51(43)17)58-31-32-21-38(41(56)60-35-27-47(9,10)53(19)48(11,12)28-35)39(42(57)61-36-29-49(13,14)54(20)50(15,16)30-36)22-37(32)40(55)59-34-25-45(5,6)52(18)46(7,8)26-34/h21-22,33-36H,23-31H2,1-20H3. The lowest BCUT2D eigenvalue weighted by atomic mass is 9.78. The van der Waals surface area contributed by atoms with E-state index in [0.29, 0.717) is 44.1 Å². The first-order valence-corrected chi connectivity index (χ1v) is 22.9. The maximum Gasteiger partial charge on any atom is 0.339 e. The van der Waals surface area contributed by atoms with Crippen molar-refractivity contribution in [3.05, 3.63) is 34.4 Å². The van der Waals surface area contributed by atoms with Crippen LogP contribution in [0.15, 0.2) is 12.1 Å². The van der Waals surface area contributed by atoms with Crippen molar-refractivity contribution in [2.24, 2.45) is 0 Å². The molecule has 0 unspecified atom stereocenters. The highest BCUT2D eigenvalue weighted by Crippen LogP contribution is 2.43. The topological polar surface area (TPSA) is 101 Å². The number of benzene rings is 1. The Morgan fingerprint density at radius 2 is 0.639 bits per heavy atom. The number of carbonyl (C=O) groups excluding carboxylic acids is 3. The molecule has 0 amide bonds. The van der Waals surface area contributed by atoms with Crippen LogP contribution in [0.1, 0.15) is 199 Å². The first-order chi connectivity index (χ1) is 27.5. The summed E-state index contributed by atoms with van der Waals surface area (Å²) in [5.41, 5.74) is -0.884. The number of likely N-dealkylation sites (tertiary alicyclic amines) is 4. The number of carbonyl (C=O) groups is 3. The molecule has 0 N–H and O–H groups in total. The first-order valence-electron chi connectivity index (χ1n) is 22.9. The summed E-state index contributed by atoms with van der Waals surface area (Å²) in [6.45, 7) is 34.9. The summed E-state index contributed by atoms with van der Waals surface area (Å²) in [7, 11) is 8.50. The van der Waals surface area contributed by atoms with Gasteiger partial charge in [0.15, 0.2) is 0 Å². The second-order valence-electron chi connectivity index (χ2n) is 24.4. The van der Waals surface area contributed by atoms with Crippen LogP contribution in [0.25, 0.3) is 0 Å². The predicted molar refractivity (Wildman–Crippen MR) is 243 cm³/mol. The van der Waals surface area contributed by atoms with E-state index in [1.807, 2.05) is 0 Å². The lowest BCUT2D eigenvalue weighted by molar-refractivity contribution is -0.0966. The Morgan fingerprint density at radius 3 is 0.918 bits per heavy atom. The molecule has 0 bridgehead atoms. The van der Waals surface area contributed by atoms with E-state index in [4.69, 9.17) is 18.9 Å². The molecule has 11 nitrogen and oxygen atoms in total. The van der Waals surface area contributed by atoms with Gasteiger partial charge in [0.2, 0.25) is 0 Å². The van der Waals surface area contributed by atoms with Crippen LogP contribution >= 0.6 is 0 Å². The van der Waals surface area contributed by atoms with Gasteiger partial charge in [0.05, 0.1) is 29.4 Å². The van der Waals surface area contributed by atoms with Gasteiger partial charge in [-0.3, -0.25) is 19.6 Å². The van der Waals surface area contributed by atoms with Crippen LogP contribution in [0.4, 0.5) is 0 Å². The Morgan fingerprint density at radius 1 is 0.410 bits per heavy atom. The molecule has 4 saturated heterocycles. The zero-order chi connectivity index (χ0) is 46.3. The van der Waals surface area contributed by atoms with E-state index in [-0.39, 0.29) is 79.8 Å². The molecule has 61 heavy (non-hydrogen) atoms. The van der Waals surface area contributed by atoms with Crippen LogP contribution in [0.3, 0.4) is 0 Å². The summed E-state index contributed by atoms with van der Waals surface area (Å²) in [5, 5.41) is 0. The Bertz CT molecular complexity index is 1750. The van der Waals surface area contributed by atoms with Crippen LogP contribution in [0.5, 0.6) is 0 Å². The molecule has 0 aromatic heterocycles. The van der Waals surface area contributed by atoms with Gasteiger partial charge in [-0.05, 0) is 170 Å². The van der Waals surface area contributed by atoms with Crippen molar-refractivity contribution in [1.82, 2.24) is 19.6 Å². The minimum atomic E-state index is -0.654. The molecule has 0 aliphatic carbocycles. The molecule has 4 heterocycles. The normalized spacial score (nSPS) is 27.0. The average Bonchev–Trinajstić information content (AvgIpc) is 3.08. The Hall–Kier alpha value is -2.57. The van der Waals surface area contributed by atoms with Crippen molar-refractivity contribution in [2.45, 2.75) is 237 Å². The van der Waals surface area contributed by atoms with E-state index in [0.717, 1.165) is 12.8 Å². The summed E-state index contributed by atoms with van der Waals surface area (Å²) >= 11 is 0. The largest absolute Gasteiger partial charge is 0.459 e. The van der Waals surface area contributed by atoms with E-state index in [9.17, 15) is 14.4 Å². The van der Waals surface area contributed by atoms with Crippen LogP contribution in [0.2, 0.25) is 0 Å². The SMILES string of the molecule is CN1C(C)(C)CC(OCc2cc(C(=O)OC3CC(C)(C)N(C)C(C)(C)C3)c(C(=O)OC3CC(C)(C)N(C)C(C)(C)C3)cc2C(=O)OC2CC(C)(C)N(C)C(C)(C)C2)CC1(C)C. The third-order valence-corrected chi connectivity index (χ3v) is 16.3. The smallest absolute Gasteiger partial charge is 0.339 e. The van der Waals surface area contributed by atoms with Gasteiger partial charge in [-0.2, -0.15) is 0 Å². The molecule has 11 heteroatoms. The molecule has 0 saturated carbocycles.